The molecule has 0 radical (unpaired) electrons. The van der Waals surface area contributed by atoms with E-state index in [4.69, 9.17) is 11.6 Å². The predicted molar refractivity (Wildman–Crippen MR) is 82.3 cm³/mol. The lowest BCUT2D eigenvalue weighted by Crippen LogP contribution is -2.19. The number of aryl methyl sites for hydroxylation is 1. The maximum atomic E-state index is 11.9. The number of benzene rings is 2. The van der Waals surface area contributed by atoms with Crippen LogP contribution in [0.5, 0.6) is 0 Å². The minimum Gasteiger partial charge on any atom is -0.267 e. The average molecular weight is 287 g/mol. The van der Waals surface area contributed by atoms with Crippen LogP contribution in [0.3, 0.4) is 0 Å². The summed E-state index contributed by atoms with van der Waals surface area (Å²) in [4.78, 5) is 11.9. The van der Waals surface area contributed by atoms with Gasteiger partial charge in [0.25, 0.3) is 5.91 Å². The maximum Gasteiger partial charge on any atom is 0.271 e. The lowest BCUT2D eigenvalue weighted by molar-refractivity contribution is 0.0955. The minimum absolute atomic E-state index is 0.224. The van der Waals surface area contributed by atoms with Crippen molar-refractivity contribution in [3.63, 3.8) is 0 Å². The van der Waals surface area contributed by atoms with Crippen LogP contribution in [0.15, 0.2) is 53.6 Å². The Labute approximate surface area is 123 Å². The molecular weight excluding hydrogens is 272 g/mol. The van der Waals surface area contributed by atoms with Gasteiger partial charge in [-0.2, -0.15) is 5.10 Å². The number of halogens is 1. The monoisotopic (exact) mass is 286 g/mol. The molecule has 0 fully saturated rings. The van der Waals surface area contributed by atoms with Gasteiger partial charge in [0.2, 0.25) is 0 Å². The standard InChI is InChI=1S/C16H15ClN2O/c1-11-3-5-14(6-4-11)16(20)19-18-12(2)13-7-9-15(17)10-8-13/h3-10H,1-2H3,(H,19,20)/b18-12-. The molecule has 0 unspecified atom stereocenters. The molecule has 0 aliphatic carbocycles. The lowest BCUT2D eigenvalue weighted by Gasteiger charge is -2.03. The van der Waals surface area contributed by atoms with Crippen LogP contribution in [0.4, 0.5) is 0 Å². The molecule has 0 bridgehead atoms. The Bertz CT molecular complexity index is 631. The highest BCUT2D eigenvalue weighted by molar-refractivity contribution is 6.30. The highest BCUT2D eigenvalue weighted by atomic mass is 35.5. The van der Waals surface area contributed by atoms with Crippen molar-refractivity contribution in [3.05, 3.63) is 70.2 Å². The Hall–Kier alpha value is -2.13. The zero-order valence-corrected chi connectivity index (χ0v) is 12.1. The molecule has 1 amide bonds. The van der Waals surface area contributed by atoms with Gasteiger partial charge >= 0.3 is 0 Å². The second kappa shape index (κ2) is 6.35. The van der Waals surface area contributed by atoms with E-state index in [1.807, 2.05) is 38.1 Å². The van der Waals surface area contributed by atoms with Crippen LogP contribution in [0, 0.1) is 6.92 Å². The number of nitrogens with zero attached hydrogens (tertiary/aromatic N) is 1. The van der Waals surface area contributed by atoms with Gasteiger partial charge in [0, 0.05) is 10.6 Å². The van der Waals surface area contributed by atoms with Gasteiger partial charge in [0.15, 0.2) is 0 Å². The predicted octanol–water partition coefficient (Wildman–Crippen LogP) is 3.80. The van der Waals surface area contributed by atoms with Gasteiger partial charge in [0.05, 0.1) is 5.71 Å². The number of rotatable bonds is 3. The Morgan fingerprint density at radius 2 is 1.55 bits per heavy atom. The first-order valence-electron chi connectivity index (χ1n) is 6.23. The minimum atomic E-state index is -0.224. The molecule has 3 nitrogen and oxygen atoms in total. The Kier molecular flexibility index (Phi) is 4.53. The topological polar surface area (TPSA) is 41.5 Å². The fraction of sp³-hybridized carbons (Fsp3) is 0.125. The number of hydrogen-bond donors (Lipinski definition) is 1. The van der Waals surface area contributed by atoms with Crippen LogP contribution in [0.2, 0.25) is 5.02 Å². The average Bonchev–Trinajstić information content (AvgIpc) is 2.46. The number of carbonyl (C=O) groups excluding carboxylic acids is 1. The Balaban J connectivity index is 2.06. The highest BCUT2D eigenvalue weighted by Crippen LogP contribution is 2.10. The van der Waals surface area contributed by atoms with E-state index in [0.29, 0.717) is 10.6 Å². The molecule has 0 atom stereocenters. The molecule has 2 rings (SSSR count). The third-order valence-corrected chi connectivity index (χ3v) is 3.15. The molecule has 0 spiro atoms. The molecule has 0 aliphatic rings. The van der Waals surface area contributed by atoms with Crippen molar-refractivity contribution in [2.24, 2.45) is 5.10 Å². The van der Waals surface area contributed by atoms with Crippen molar-refractivity contribution < 1.29 is 4.79 Å². The van der Waals surface area contributed by atoms with Crippen molar-refractivity contribution in [1.82, 2.24) is 5.43 Å². The molecule has 20 heavy (non-hydrogen) atoms. The van der Waals surface area contributed by atoms with Crippen molar-refractivity contribution >= 4 is 23.2 Å². The van der Waals surface area contributed by atoms with Crippen LogP contribution in [-0.2, 0) is 0 Å². The van der Waals surface area contributed by atoms with Gasteiger partial charge in [-0.3, -0.25) is 4.79 Å². The Morgan fingerprint density at radius 1 is 1.00 bits per heavy atom. The second-order valence-electron chi connectivity index (χ2n) is 4.51. The molecule has 0 aliphatic heterocycles. The van der Waals surface area contributed by atoms with Gasteiger partial charge in [-0.05, 0) is 43.7 Å². The summed E-state index contributed by atoms with van der Waals surface area (Å²) in [6.07, 6.45) is 0. The van der Waals surface area contributed by atoms with Crippen molar-refractivity contribution in [3.8, 4) is 0 Å². The largest absolute Gasteiger partial charge is 0.271 e. The van der Waals surface area contributed by atoms with Crippen LogP contribution in [0.25, 0.3) is 0 Å². The fourth-order valence-corrected chi connectivity index (χ4v) is 1.79. The summed E-state index contributed by atoms with van der Waals surface area (Å²) in [7, 11) is 0. The lowest BCUT2D eigenvalue weighted by atomic mass is 10.1. The quantitative estimate of drug-likeness (QED) is 0.677. The molecule has 0 aromatic heterocycles. The van der Waals surface area contributed by atoms with Gasteiger partial charge in [-0.1, -0.05) is 41.4 Å². The SMILES string of the molecule is C/C(=N/NC(=O)c1ccc(C)cc1)c1ccc(Cl)cc1. The van der Waals surface area contributed by atoms with E-state index in [0.717, 1.165) is 16.8 Å². The first-order valence-corrected chi connectivity index (χ1v) is 6.61. The fourth-order valence-electron chi connectivity index (χ4n) is 1.66. The first kappa shape index (κ1) is 14.3. The van der Waals surface area contributed by atoms with Gasteiger partial charge in [0.1, 0.15) is 0 Å². The van der Waals surface area contributed by atoms with E-state index in [-0.39, 0.29) is 5.91 Å². The van der Waals surface area contributed by atoms with Gasteiger partial charge in [-0.15, -0.1) is 0 Å². The number of carbonyl (C=O) groups is 1. The van der Waals surface area contributed by atoms with Gasteiger partial charge in [-0.25, -0.2) is 5.43 Å². The van der Waals surface area contributed by atoms with Crippen molar-refractivity contribution in [2.75, 3.05) is 0 Å². The number of hydrogen-bond acceptors (Lipinski definition) is 2. The second-order valence-corrected chi connectivity index (χ2v) is 4.95. The Morgan fingerprint density at radius 3 is 2.15 bits per heavy atom. The van der Waals surface area contributed by atoms with E-state index in [9.17, 15) is 4.79 Å². The van der Waals surface area contributed by atoms with Gasteiger partial charge < -0.3 is 0 Å². The summed E-state index contributed by atoms with van der Waals surface area (Å²) >= 11 is 5.83. The zero-order valence-electron chi connectivity index (χ0n) is 11.4. The number of nitrogens with one attached hydrogen (secondary N) is 1. The summed E-state index contributed by atoms with van der Waals surface area (Å²) < 4.78 is 0. The molecule has 0 saturated carbocycles. The van der Waals surface area contributed by atoms with E-state index >= 15 is 0 Å². The van der Waals surface area contributed by atoms with Crippen molar-refractivity contribution in [1.29, 1.82) is 0 Å². The smallest absolute Gasteiger partial charge is 0.267 e. The molecule has 0 saturated heterocycles. The van der Waals surface area contributed by atoms with Crippen LogP contribution < -0.4 is 5.43 Å². The zero-order chi connectivity index (χ0) is 14.5. The molecule has 2 aromatic rings. The van der Waals surface area contributed by atoms with E-state index < -0.39 is 0 Å². The molecule has 1 N–H and O–H groups in total. The third kappa shape index (κ3) is 3.68. The van der Waals surface area contributed by atoms with Crippen LogP contribution in [-0.4, -0.2) is 11.6 Å². The first-order chi connectivity index (χ1) is 9.56. The summed E-state index contributed by atoms with van der Waals surface area (Å²) in [5, 5.41) is 4.77. The van der Waals surface area contributed by atoms with Crippen LogP contribution in [0.1, 0.15) is 28.4 Å². The number of amides is 1. The normalized spacial score (nSPS) is 11.2. The van der Waals surface area contributed by atoms with Crippen molar-refractivity contribution in [2.45, 2.75) is 13.8 Å². The van der Waals surface area contributed by atoms with E-state index in [2.05, 4.69) is 10.5 Å². The molecule has 102 valence electrons. The molecular formula is C16H15ClN2O. The summed E-state index contributed by atoms with van der Waals surface area (Å²) in [5.41, 5.74) is 5.89. The van der Waals surface area contributed by atoms with E-state index in [1.54, 1.807) is 24.3 Å². The van der Waals surface area contributed by atoms with E-state index in [1.165, 1.54) is 0 Å². The summed E-state index contributed by atoms with van der Waals surface area (Å²) in [6, 6.07) is 14.6. The molecule has 4 heteroatoms. The molecule has 0 heterocycles. The molecule has 2 aromatic carbocycles. The number of hydrazone groups is 1. The third-order valence-electron chi connectivity index (χ3n) is 2.90. The summed E-state index contributed by atoms with van der Waals surface area (Å²) in [5.74, 6) is -0.224. The highest BCUT2D eigenvalue weighted by Gasteiger charge is 2.04. The maximum absolute atomic E-state index is 11.9. The van der Waals surface area contributed by atoms with Crippen LogP contribution >= 0.6 is 11.6 Å². The summed E-state index contributed by atoms with van der Waals surface area (Å²) in [6.45, 7) is 3.81.